The lowest BCUT2D eigenvalue weighted by atomic mass is 10.2. The summed E-state index contributed by atoms with van der Waals surface area (Å²) in [6, 6.07) is 9.83. The van der Waals surface area contributed by atoms with E-state index in [4.69, 9.17) is 21.1 Å². The number of nitrogens with one attached hydrogen (secondary N) is 2. The fourth-order valence-corrected chi connectivity index (χ4v) is 2.76. The van der Waals surface area contributed by atoms with E-state index < -0.39 is 0 Å². The minimum absolute atomic E-state index is 0.267. The quantitative estimate of drug-likeness (QED) is 0.509. The van der Waals surface area contributed by atoms with Crippen LogP contribution in [-0.2, 0) is 13.2 Å². The van der Waals surface area contributed by atoms with Crippen LogP contribution in [0.4, 0.5) is 4.39 Å². The van der Waals surface area contributed by atoms with Crippen molar-refractivity contribution in [3.8, 4) is 11.5 Å². The summed E-state index contributed by atoms with van der Waals surface area (Å²) >= 11 is 6.37. The maximum atomic E-state index is 13.0. The molecule has 2 aromatic rings. The van der Waals surface area contributed by atoms with E-state index in [-0.39, 0.29) is 18.5 Å². The number of aliphatic hydroxyl groups excluding tert-OH is 1. The van der Waals surface area contributed by atoms with Gasteiger partial charge >= 0.3 is 0 Å². The Balaban J connectivity index is 1.90. The van der Waals surface area contributed by atoms with E-state index in [0.29, 0.717) is 29.6 Å². The van der Waals surface area contributed by atoms with Crippen LogP contribution in [0.2, 0.25) is 5.02 Å². The third kappa shape index (κ3) is 7.34. The van der Waals surface area contributed by atoms with Gasteiger partial charge in [0.05, 0.1) is 18.2 Å². The molecule has 2 rings (SSSR count). The minimum Gasteiger partial charge on any atom is -0.493 e. The molecule has 148 valence electrons. The Hall–Kier alpha value is -1.86. The van der Waals surface area contributed by atoms with Crippen LogP contribution < -0.4 is 20.1 Å². The van der Waals surface area contributed by atoms with Gasteiger partial charge < -0.3 is 25.2 Å². The van der Waals surface area contributed by atoms with Crippen LogP contribution >= 0.6 is 11.6 Å². The van der Waals surface area contributed by atoms with Crippen molar-refractivity contribution in [1.29, 1.82) is 0 Å². The molecule has 0 saturated carbocycles. The largest absolute Gasteiger partial charge is 0.493 e. The summed E-state index contributed by atoms with van der Waals surface area (Å²) in [5.41, 5.74) is 1.81. The first-order valence-electron chi connectivity index (χ1n) is 8.82. The number of halogens is 2. The zero-order valence-corrected chi connectivity index (χ0v) is 16.4. The smallest absolute Gasteiger partial charge is 0.180 e. The highest BCUT2D eigenvalue weighted by Gasteiger charge is 2.12. The summed E-state index contributed by atoms with van der Waals surface area (Å²) in [5, 5.41) is 16.1. The van der Waals surface area contributed by atoms with Crippen molar-refractivity contribution in [1.82, 2.24) is 10.6 Å². The van der Waals surface area contributed by atoms with E-state index in [2.05, 4.69) is 10.6 Å². The maximum absolute atomic E-state index is 13.0. The molecule has 5 nitrogen and oxygen atoms in total. The fourth-order valence-electron chi connectivity index (χ4n) is 2.47. The van der Waals surface area contributed by atoms with E-state index in [9.17, 15) is 9.50 Å². The zero-order chi connectivity index (χ0) is 19.6. The van der Waals surface area contributed by atoms with Gasteiger partial charge in [0.25, 0.3) is 0 Å². The van der Waals surface area contributed by atoms with Crippen LogP contribution in [-0.4, -0.2) is 38.0 Å². The predicted molar refractivity (Wildman–Crippen MR) is 105 cm³/mol. The van der Waals surface area contributed by atoms with Gasteiger partial charge in [0.15, 0.2) is 11.5 Å². The average molecular weight is 397 g/mol. The summed E-state index contributed by atoms with van der Waals surface area (Å²) in [6.07, 6.45) is -0.351. The van der Waals surface area contributed by atoms with Gasteiger partial charge in [-0.2, -0.15) is 0 Å². The molecule has 0 amide bonds. The van der Waals surface area contributed by atoms with Crippen LogP contribution in [0.25, 0.3) is 0 Å². The van der Waals surface area contributed by atoms with Gasteiger partial charge in [0, 0.05) is 26.2 Å². The molecule has 2 aromatic carbocycles. The number of methoxy groups -OCH3 is 1. The summed E-state index contributed by atoms with van der Waals surface area (Å²) in [4.78, 5) is 0. The second-order valence-corrected chi connectivity index (χ2v) is 6.66. The molecule has 0 aliphatic rings. The topological polar surface area (TPSA) is 62.8 Å². The van der Waals surface area contributed by atoms with E-state index in [1.54, 1.807) is 26.2 Å². The van der Waals surface area contributed by atoms with Gasteiger partial charge in [-0.3, -0.25) is 0 Å². The molecule has 0 aliphatic heterocycles. The molecule has 1 atom stereocenters. The van der Waals surface area contributed by atoms with Gasteiger partial charge in [0.2, 0.25) is 0 Å². The van der Waals surface area contributed by atoms with E-state index in [1.165, 1.54) is 12.1 Å². The molecule has 3 N–H and O–H groups in total. The lowest BCUT2D eigenvalue weighted by Gasteiger charge is -2.15. The molecule has 0 aliphatic carbocycles. The lowest BCUT2D eigenvalue weighted by Crippen LogP contribution is -2.31. The summed E-state index contributed by atoms with van der Waals surface area (Å²) in [5.74, 6) is 0.728. The number of hydrogen-bond acceptors (Lipinski definition) is 5. The first kappa shape index (κ1) is 21.4. The Morgan fingerprint density at radius 2 is 1.81 bits per heavy atom. The second kappa shape index (κ2) is 11.1. The number of ether oxygens (including phenoxy) is 2. The van der Waals surface area contributed by atoms with Crippen LogP contribution in [0.3, 0.4) is 0 Å². The molecule has 0 unspecified atom stereocenters. The van der Waals surface area contributed by atoms with E-state index >= 15 is 0 Å². The zero-order valence-electron chi connectivity index (χ0n) is 15.6. The van der Waals surface area contributed by atoms with Crippen molar-refractivity contribution in [3.63, 3.8) is 0 Å². The molecule has 0 aromatic heterocycles. The summed E-state index contributed by atoms with van der Waals surface area (Å²) in [6.45, 7) is 4.73. The maximum Gasteiger partial charge on any atom is 0.180 e. The highest BCUT2D eigenvalue weighted by atomic mass is 35.5. The molecule has 0 fully saturated rings. The second-order valence-electron chi connectivity index (χ2n) is 6.25. The normalized spacial score (nSPS) is 12.0. The molecule has 0 radical (unpaired) electrons. The summed E-state index contributed by atoms with van der Waals surface area (Å²) < 4.78 is 24.2. The number of hydrogen-bond donors (Lipinski definition) is 3. The van der Waals surface area contributed by atoms with Gasteiger partial charge in [-0.15, -0.1) is 0 Å². The Labute approximate surface area is 164 Å². The number of aliphatic hydroxyl groups is 1. The van der Waals surface area contributed by atoms with Crippen molar-refractivity contribution >= 4 is 11.6 Å². The van der Waals surface area contributed by atoms with Crippen molar-refractivity contribution in [3.05, 3.63) is 58.4 Å². The molecule has 27 heavy (non-hydrogen) atoms. The monoisotopic (exact) mass is 396 g/mol. The van der Waals surface area contributed by atoms with Crippen molar-refractivity contribution in [2.24, 2.45) is 0 Å². The van der Waals surface area contributed by atoms with E-state index in [1.807, 2.05) is 12.1 Å². The third-order valence-electron chi connectivity index (χ3n) is 3.83. The SMILES string of the molecule is COc1cc(CNCCNC[C@@H](C)O)cc(Cl)c1OCc1ccc(F)cc1. The molecule has 0 spiro atoms. The summed E-state index contributed by atoms with van der Waals surface area (Å²) in [7, 11) is 1.56. The van der Waals surface area contributed by atoms with Gasteiger partial charge in [-0.05, 0) is 42.3 Å². The van der Waals surface area contributed by atoms with Crippen LogP contribution in [0.5, 0.6) is 11.5 Å². The van der Waals surface area contributed by atoms with Gasteiger partial charge in [0.1, 0.15) is 12.4 Å². The molecule has 7 heteroatoms. The number of rotatable bonds is 11. The van der Waals surface area contributed by atoms with Crippen LogP contribution in [0.1, 0.15) is 18.1 Å². The highest BCUT2D eigenvalue weighted by Crippen LogP contribution is 2.37. The number of benzene rings is 2. The molecular weight excluding hydrogens is 371 g/mol. The highest BCUT2D eigenvalue weighted by molar-refractivity contribution is 6.32. The molecular formula is C20H26ClFN2O3. The standard InChI is InChI=1S/C20H26ClFN2O3/c1-14(25)11-23-7-8-24-12-16-9-18(21)20(19(10-16)26-2)27-13-15-3-5-17(22)6-4-15/h3-6,9-10,14,23-25H,7-8,11-13H2,1-2H3/t14-/m1/s1. The third-order valence-corrected chi connectivity index (χ3v) is 4.11. The van der Waals surface area contributed by atoms with Crippen molar-refractivity contribution in [2.45, 2.75) is 26.2 Å². The molecule has 0 saturated heterocycles. The lowest BCUT2D eigenvalue weighted by molar-refractivity contribution is 0.191. The molecule has 0 bridgehead atoms. The Morgan fingerprint density at radius 3 is 2.48 bits per heavy atom. The first-order valence-corrected chi connectivity index (χ1v) is 9.20. The first-order chi connectivity index (χ1) is 13.0. The van der Waals surface area contributed by atoms with Crippen molar-refractivity contribution < 1.29 is 19.0 Å². The van der Waals surface area contributed by atoms with Gasteiger partial charge in [-0.25, -0.2) is 4.39 Å². The fraction of sp³-hybridized carbons (Fsp3) is 0.400. The molecule has 0 heterocycles. The Morgan fingerprint density at radius 1 is 1.11 bits per heavy atom. The Bertz CT molecular complexity index is 711. The van der Waals surface area contributed by atoms with E-state index in [0.717, 1.165) is 24.2 Å². The minimum atomic E-state index is -0.351. The van der Waals surface area contributed by atoms with Gasteiger partial charge in [-0.1, -0.05) is 23.7 Å². The predicted octanol–water partition coefficient (Wildman–Crippen LogP) is 3.13. The average Bonchev–Trinajstić information content (AvgIpc) is 2.64. The van der Waals surface area contributed by atoms with Crippen molar-refractivity contribution in [2.75, 3.05) is 26.7 Å². The Kier molecular flexibility index (Phi) is 8.81. The van der Waals surface area contributed by atoms with Crippen LogP contribution in [0, 0.1) is 5.82 Å². The van der Waals surface area contributed by atoms with Crippen LogP contribution in [0.15, 0.2) is 36.4 Å².